The van der Waals surface area contributed by atoms with Crippen LogP contribution in [0, 0.1) is 6.92 Å². The largest absolute Gasteiger partial charge is 0.486 e. The van der Waals surface area contributed by atoms with Gasteiger partial charge in [0.05, 0.1) is 17.8 Å². The van der Waals surface area contributed by atoms with E-state index in [9.17, 15) is 9.59 Å². The van der Waals surface area contributed by atoms with E-state index in [0.717, 1.165) is 45.9 Å². The summed E-state index contributed by atoms with van der Waals surface area (Å²) in [5.74, 6) is 1.38. The maximum Gasteiger partial charge on any atom is 0.263 e. The van der Waals surface area contributed by atoms with Crippen molar-refractivity contribution in [1.29, 1.82) is 0 Å². The first kappa shape index (κ1) is 21.9. The molecule has 1 saturated heterocycles. The summed E-state index contributed by atoms with van der Waals surface area (Å²) in [6.45, 7) is 3.70. The first-order valence-electron chi connectivity index (χ1n) is 11.8. The Hall–Kier alpha value is -3.65. The zero-order valence-corrected chi connectivity index (χ0v) is 20.2. The Morgan fingerprint density at radius 1 is 1.11 bits per heavy atom. The molecular weight excluding hydrogens is 462 g/mol. The van der Waals surface area contributed by atoms with Gasteiger partial charge in [-0.05, 0) is 43.0 Å². The predicted molar refractivity (Wildman–Crippen MR) is 135 cm³/mol. The van der Waals surface area contributed by atoms with Crippen LogP contribution in [0.3, 0.4) is 0 Å². The number of nitrogens with zero attached hydrogens (tertiary/aromatic N) is 3. The van der Waals surface area contributed by atoms with Gasteiger partial charge in [-0.1, -0.05) is 36.4 Å². The van der Waals surface area contributed by atoms with Gasteiger partial charge in [0, 0.05) is 17.0 Å². The molecule has 6 rings (SSSR count). The lowest BCUT2D eigenvalue weighted by molar-refractivity contribution is -0.132. The van der Waals surface area contributed by atoms with Crippen molar-refractivity contribution >= 4 is 27.5 Å². The molecule has 1 fully saturated rings. The van der Waals surface area contributed by atoms with Gasteiger partial charge in [0.15, 0.2) is 11.5 Å². The lowest BCUT2D eigenvalue weighted by Gasteiger charge is -2.27. The monoisotopic (exact) mass is 487 g/mol. The lowest BCUT2D eigenvalue weighted by Crippen LogP contribution is -2.36. The van der Waals surface area contributed by atoms with Gasteiger partial charge in [-0.2, -0.15) is 0 Å². The van der Waals surface area contributed by atoms with E-state index in [1.807, 2.05) is 60.4 Å². The minimum Gasteiger partial charge on any atom is -0.486 e. The van der Waals surface area contributed by atoms with Crippen LogP contribution in [-0.4, -0.2) is 40.1 Å². The van der Waals surface area contributed by atoms with E-state index in [2.05, 4.69) is 4.98 Å². The van der Waals surface area contributed by atoms with E-state index >= 15 is 0 Å². The van der Waals surface area contributed by atoms with Crippen molar-refractivity contribution in [2.75, 3.05) is 19.8 Å². The summed E-state index contributed by atoms with van der Waals surface area (Å²) < 4.78 is 12.8. The summed E-state index contributed by atoms with van der Waals surface area (Å²) in [4.78, 5) is 35.1. The standard InChI is InChI=1S/C27H25N3O4S/c1-17-24(18-6-3-2-4-7-18)25-26(35-17)28-16-29(27(25)32)15-23(31)30-11-5-8-20(30)19-9-10-21-22(14-19)34-13-12-33-21/h2-4,6-7,9-10,14,16,20H,5,8,11-13,15H2,1H3/t20-/m1/s1. The number of ether oxygens (including phenoxy) is 2. The maximum absolute atomic E-state index is 13.5. The first-order chi connectivity index (χ1) is 17.1. The summed E-state index contributed by atoms with van der Waals surface area (Å²) >= 11 is 1.51. The van der Waals surface area contributed by atoms with Crippen molar-refractivity contribution in [2.24, 2.45) is 0 Å². The van der Waals surface area contributed by atoms with Crippen molar-refractivity contribution < 1.29 is 14.3 Å². The summed E-state index contributed by atoms with van der Waals surface area (Å²) in [6.07, 6.45) is 3.29. The second kappa shape index (κ2) is 8.85. The Morgan fingerprint density at radius 3 is 2.74 bits per heavy atom. The van der Waals surface area contributed by atoms with Gasteiger partial charge in [0.2, 0.25) is 5.91 Å². The van der Waals surface area contributed by atoms with Gasteiger partial charge < -0.3 is 14.4 Å². The number of likely N-dealkylation sites (tertiary alicyclic amines) is 1. The Bertz CT molecular complexity index is 1480. The van der Waals surface area contributed by atoms with Crippen LogP contribution >= 0.6 is 11.3 Å². The van der Waals surface area contributed by atoms with Crippen LogP contribution in [0.15, 0.2) is 59.7 Å². The molecule has 2 aromatic heterocycles. The number of carbonyl (C=O) groups excluding carboxylic acids is 1. The van der Waals surface area contributed by atoms with E-state index in [0.29, 0.717) is 30.0 Å². The third-order valence-electron chi connectivity index (χ3n) is 6.75. The molecule has 0 N–H and O–H groups in total. The maximum atomic E-state index is 13.5. The topological polar surface area (TPSA) is 73.7 Å². The number of aromatic nitrogens is 2. The van der Waals surface area contributed by atoms with Crippen LogP contribution in [-0.2, 0) is 11.3 Å². The van der Waals surface area contributed by atoms with Crippen LogP contribution in [0.25, 0.3) is 21.3 Å². The highest BCUT2D eigenvalue weighted by molar-refractivity contribution is 7.19. The Labute approximate surface area is 206 Å². The van der Waals surface area contributed by atoms with Crippen molar-refractivity contribution in [2.45, 2.75) is 32.4 Å². The van der Waals surface area contributed by atoms with Gasteiger partial charge in [-0.15, -0.1) is 11.3 Å². The molecule has 2 aliphatic rings. The molecule has 0 spiro atoms. The van der Waals surface area contributed by atoms with Crippen molar-refractivity contribution in [3.8, 4) is 22.6 Å². The quantitative estimate of drug-likeness (QED) is 0.422. The van der Waals surface area contributed by atoms with Crippen LogP contribution in [0.5, 0.6) is 11.5 Å². The van der Waals surface area contributed by atoms with E-state index in [1.54, 1.807) is 0 Å². The smallest absolute Gasteiger partial charge is 0.263 e. The number of fused-ring (bicyclic) bond motifs is 2. The minimum absolute atomic E-state index is 0.0358. The van der Waals surface area contributed by atoms with Gasteiger partial charge in [-0.25, -0.2) is 4.98 Å². The number of amides is 1. The summed E-state index contributed by atoms with van der Waals surface area (Å²) in [7, 11) is 0. The van der Waals surface area contributed by atoms with Crippen LogP contribution in [0.1, 0.15) is 29.3 Å². The molecule has 7 nitrogen and oxygen atoms in total. The molecule has 2 aliphatic heterocycles. The number of hydrogen-bond donors (Lipinski definition) is 0. The number of rotatable bonds is 4. The zero-order chi connectivity index (χ0) is 23.9. The molecule has 1 atom stereocenters. The van der Waals surface area contributed by atoms with E-state index in [4.69, 9.17) is 9.47 Å². The summed E-state index contributed by atoms with van der Waals surface area (Å²) in [6, 6.07) is 15.7. The average Bonchev–Trinajstić information content (AvgIpc) is 3.51. The van der Waals surface area contributed by atoms with E-state index in [-0.39, 0.29) is 24.1 Å². The SMILES string of the molecule is Cc1sc2ncn(CC(=O)N3CCC[C@@H]3c3ccc4c(c3)OCCO4)c(=O)c2c1-c1ccccc1. The molecule has 2 aromatic carbocycles. The number of hydrogen-bond acceptors (Lipinski definition) is 6. The highest BCUT2D eigenvalue weighted by atomic mass is 32.1. The third-order valence-corrected chi connectivity index (χ3v) is 7.76. The predicted octanol–water partition coefficient (Wildman–Crippen LogP) is 4.57. The molecule has 4 aromatic rings. The average molecular weight is 488 g/mol. The van der Waals surface area contributed by atoms with Gasteiger partial charge in [-0.3, -0.25) is 14.2 Å². The second-order valence-electron chi connectivity index (χ2n) is 8.91. The molecule has 0 saturated carbocycles. The molecule has 35 heavy (non-hydrogen) atoms. The number of benzene rings is 2. The number of thiophene rings is 1. The molecular formula is C27H25N3O4S. The third kappa shape index (κ3) is 3.87. The molecule has 178 valence electrons. The van der Waals surface area contributed by atoms with Crippen LogP contribution in [0.4, 0.5) is 0 Å². The fourth-order valence-corrected chi connectivity index (χ4v) is 6.12. The molecule has 4 heterocycles. The molecule has 0 bridgehead atoms. The molecule has 0 radical (unpaired) electrons. The number of carbonyl (C=O) groups is 1. The molecule has 0 unspecified atom stereocenters. The molecule has 1 amide bonds. The minimum atomic E-state index is -0.179. The van der Waals surface area contributed by atoms with Gasteiger partial charge >= 0.3 is 0 Å². The van der Waals surface area contributed by atoms with E-state index in [1.165, 1.54) is 22.2 Å². The highest BCUT2D eigenvalue weighted by Gasteiger charge is 2.31. The summed E-state index contributed by atoms with van der Waals surface area (Å²) in [5, 5.41) is 0.582. The fraction of sp³-hybridized carbons (Fsp3) is 0.296. The first-order valence-corrected chi connectivity index (χ1v) is 12.6. The van der Waals surface area contributed by atoms with Gasteiger partial charge in [0.1, 0.15) is 24.6 Å². The van der Waals surface area contributed by atoms with Crippen molar-refractivity contribution in [3.05, 3.63) is 75.7 Å². The van der Waals surface area contributed by atoms with Crippen molar-refractivity contribution in [1.82, 2.24) is 14.5 Å². The molecule has 8 heteroatoms. The second-order valence-corrected chi connectivity index (χ2v) is 10.1. The Kier molecular flexibility index (Phi) is 5.53. The van der Waals surface area contributed by atoms with Gasteiger partial charge in [0.25, 0.3) is 5.56 Å². The van der Waals surface area contributed by atoms with Crippen molar-refractivity contribution in [3.63, 3.8) is 0 Å². The van der Waals surface area contributed by atoms with E-state index < -0.39 is 0 Å². The Morgan fingerprint density at radius 2 is 1.91 bits per heavy atom. The Balaban J connectivity index is 1.30. The number of aryl methyl sites for hydroxylation is 1. The normalized spacial score (nSPS) is 17.2. The zero-order valence-electron chi connectivity index (χ0n) is 19.4. The fourth-order valence-electron chi connectivity index (χ4n) is 5.12. The van der Waals surface area contributed by atoms with Crippen LogP contribution in [0.2, 0.25) is 0 Å². The summed E-state index contributed by atoms with van der Waals surface area (Å²) in [5.41, 5.74) is 2.74. The lowest BCUT2D eigenvalue weighted by atomic mass is 10.0. The highest BCUT2D eigenvalue weighted by Crippen LogP contribution is 2.38. The van der Waals surface area contributed by atoms with Crippen LogP contribution < -0.4 is 15.0 Å². The molecule has 0 aliphatic carbocycles.